The fourth-order valence-electron chi connectivity index (χ4n) is 4.04. The average Bonchev–Trinajstić information content (AvgIpc) is 2.87. The van der Waals surface area contributed by atoms with Crippen LogP contribution in [0, 0.1) is 11.8 Å². The molecule has 0 aliphatic carbocycles. The Balaban J connectivity index is 1.64. The van der Waals surface area contributed by atoms with E-state index in [1.807, 2.05) is 29.2 Å². The van der Waals surface area contributed by atoms with Crippen molar-refractivity contribution in [1.82, 2.24) is 14.7 Å². The maximum atomic E-state index is 13.2. The molecule has 1 aromatic carbocycles. The molecule has 1 saturated heterocycles. The monoisotopic (exact) mass is 523 g/mol. The Labute approximate surface area is 218 Å². The zero-order valence-corrected chi connectivity index (χ0v) is 22.2. The minimum Gasteiger partial charge on any atom is -0.493 e. The number of hydrogen-bond donors (Lipinski definition) is 2. The standard InChI is InChI=1S/C27H33N5O4S/c1-18(2)17-36-21-9-7-20(8-10-21)23-12-11-22(26(29-23)32-15-13-19(3)14-16-32)27(33)31-37(34,35)25-6-4-5-24(28)30-25/h4-12,18-19H,13-17H2,1-3H3,(H2,28,30)(H,31,33). The van der Waals surface area contributed by atoms with Gasteiger partial charge < -0.3 is 15.4 Å². The number of ether oxygens (including phenoxy) is 1. The summed E-state index contributed by atoms with van der Waals surface area (Å²) in [4.78, 5) is 23.9. The Hall–Kier alpha value is -3.66. The number of nitrogens with one attached hydrogen (secondary N) is 1. The smallest absolute Gasteiger partial charge is 0.281 e. The van der Waals surface area contributed by atoms with Crippen LogP contribution >= 0.6 is 0 Å². The van der Waals surface area contributed by atoms with Crippen LogP contribution < -0.4 is 20.1 Å². The Morgan fingerprint density at radius 2 is 1.78 bits per heavy atom. The van der Waals surface area contributed by atoms with E-state index in [9.17, 15) is 13.2 Å². The number of nitrogen functional groups attached to an aromatic ring is 1. The van der Waals surface area contributed by atoms with E-state index in [0.717, 1.165) is 37.2 Å². The van der Waals surface area contributed by atoms with Gasteiger partial charge in [-0.3, -0.25) is 4.79 Å². The molecule has 1 amide bonds. The van der Waals surface area contributed by atoms with Gasteiger partial charge in [-0.2, -0.15) is 8.42 Å². The third-order valence-electron chi connectivity index (χ3n) is 6.18. The Morgan fingerprint density at radius 3 is 2.43 bits per heavy atom. The van der Waals surface area contributed by atoms with Crippen LogP contribution in [-0.4, -0.2) is 44.0 Å². The average molecular weight is 524 g/mol. The van der Waals surface area contributed by atoms with E-state index in [0.29, 0.717) is 30.0 Å². The van der Waals surface area contributed by atoms with E-state index in [-0.39, 0.29) is 16.4 Å². The molecule has 0 unspecified atom stereocenters. The number of aromatic nitrogens is 2. The number of carbonyl (C=O) groups is 1. The third kappa shape index (κ3) is 6.56. The van der Waals surface area contributed by atoms with Gasteiger partial charge in [-0.1, -0.05) is 26.8 Å². The molecule has 1 aliphatic rings. The predicted molar refractivity (Wildman–Crippen MR) is 144 cm³/mol. The zero-order valence-electron chi connectivity index (χ0n) is 21.3. The molecular formula is C27H33N5O4S. The molecule has 0 saturated carbocycles. The van der Waals surface area contributed by atoms with Gasteiger partial charge >= 0.3 is 0 Å². The van der Waals surface area contributed by atoms with Crippen LogP contribution in [0.15, 0.2) is 59.6 Å². The maximum Gasteiger partial charge on any atom is 0.281 e. The fourth-order valence-corrected chi connectivity index (χ4v) is 4.98. The fraction of sp³-hybridized carbons (Fsp3) is 0.370. The topological polar surface area (TPSA) is 128 Å². The predicted octanol–water partition coefficient (Wildman–Crippen LogP) is 4.12. The summed E-state index contributed by atoms with van der Waals surface area (Å²) in [5.41, 5.74) is 7.36. The molecular weight excluding hydrogens is 490 g/mol. The summed E-state index contributed by atoms with van der Waals surface area (Å²) in [6.45, 7) is 8.47. The highest BCUT2D eigenvalue weighted by atomic mass is 32.2. The lowest BCUT2D eigenvalue weighted by atomic mass is 9.98. The summed E-state index contributed by atoms with van der Waals surface area (Å²) in [5.74, 6) is 1.51. The molecule has 1 aliphatic heterocycles. The van der Waals surface area contributed by atoms with Crippen LogP contribution in [0.2, 0.25) is 0 Å². The highest BCUT2D eigenvalue weighted by Crippen LogP contribution is 2.29. The molecule has 9 nitrogen and oxygen atoms in total. The molecule has 0 bridgehead atoms. The first-order valence-electron chi connectivity index (χ1n) is 12.4. The summed E-state index contributed by atoms with van der Waals surface area (Å²) in [7, 11) is -4.22. The molecule has 0 radical (unpaired) electrons. The van der Waals surface area contributed by atoms with E-state index in [4.69, 9.17) is 15.5 Å². The molecule has 3 N–H and O–H groups in total. The molecule has 196 valence electrons. The second-order valence-electron chi connectivity index (χ2n) is 9.80. The molecule has 37 heavy (non-hydrogen) atoms. The van der Waals surface area contributed by atoms with E-state index in [1.165, 1.54) is 18.2 Å². The van der Waals surface area contributed by atoms with Crippen molar-refractivity contribution >= 4 is 27.6 Å². The van der Waals surface area contributed by atoms with Crippen LogP contribution in [0.4, 0.5) is 11.6 Å². The van der Waals surface area contributed by atoms with Crippen molar-refractivity contribution < 1.29 is 17.9 Å². The van der Waals surface area contributed by atoms with Crippen molar-refractivity contribution in [2.75, 3.05) is 30.3 Å². The van der Waals surface area contributed by atoms with Gasteiger partial charge in [-0.25, -0.2) is 14.7 Å². The van der Waals surface area contributed by atoms with Crippen molar-refractivity contribution in [3.63, 3.8) is 0 Å². The summed E-state index contributed by atoms with van der Waals surface area (Å²) >= 11 is 0. The zero-order chi connectivity index (χ0) is 26.6. The van der Waals surface area contributed by atoms with Crippen molar-refractivity contribution in [3.8, 4) is 17.0 Å². The first-order valence-corrected chi connectivity index (χ1v) is 13.9. The summed E-state index contributed by atoms with van der Waals surface area (Å²) in [6.07, 6.45) is 1.92. The van der Waals surface area contributed by atoms with Gasteiger partial charge in [0.25, 0.3) is 15.9 Å². The second kappa shape index (κ2) is 11.2. The first kappa shape index (κ1) is 26.4. The number of piperidine rings is 1. The SMILES string of the molecule is CC(C)COc1ccc(-c2ccc(C(=O)NS(=O)(=O)c3cccc(N)n3)c(N3CCC(C)CC3)n2)cc1. The molecule has 0 spiro atoms. The van der Waals surface area contributed by atoms with E-state index >= 15 is 0 Å². The lowest BCUT2D eigenvalue weighted by molar-refractivity contribution is 0.0981. The largest absolute Gasteiger partial charge is 0.493 e. The van der Waals surface area contributed by atoms with Crippen molar-refractivity contribution in [1.29, 1.82) is 0 Å². The van der Waals surface area contributed by atoms with Crippen LogP contribution in [0.5, 0.6) is 5.75 Å². The second-order valence-corrected chi connectivity index (χ2v) is 11.4. The van der Waals surface area contributed by atoms with Crippen LogP contribution in [-0.2, 0) is 10.0 Å². The molecule has 4 rings (SSSR count). The van der Waals surface area contributed by atoms with E-state index in [2.05, 4.69) is 30.5 Å². The van der Waals surface area contributed by atoms with Crippen LogP contribution in [0.25, 0.3) is 11.3 Å². The van der Waals surface area contributed by atoms with Crippen molar-refractivity contribution in [2.24, 2.45) is 11.8 Å². The van der Waals surface area contributed by atoms with Gasteiger partial charge in [-0.15, -0.1) is 0 Å². The molecule has 3 heterocycles. The Bertz CT molecular complexity index is 1350. The number of pyridine rings is 2. The molecule has 2 aromatic heterocycles. The van der Waals surface area contributed by atoms with Gasteiger partial charge in [0.1, 0.15) is 17.4 Å². The van der Waals surface area contributed by atoms with Crippen molar-refractivity contribution in [2.45, 2.75) is 38.6 Å². The Morgan fingerprint density at radius 1 is 1.08 bits per heavy atom. The summed E-state index contributed by atoms with van der Waals surface area (Å²) in [5, 5.41) is -0.321. The molecule has 10 heteroatoms. The van der Waals surface area contributed by atoms with Gasteiger partial charge in [0.15, 0.2) is 5.03 Å². The Kier molecular flexibility index (Phi) is 7.97. The van der Waals surface area contributed by atoms with Crippen LogP contribution in [0.1, 0.15) is 44.0 Å². The number of rotatable bonds is 8. The number of benzene rings is 1. The van der Waals surface area contributed by atoms with E-state index in [1.54, 1.807) is 12.1 Å². The number of carbonyl (C=O) groups excluding carboxylic acids is 1. The number of amides is 1. The normalized spacial score (nSPS) is 14.5. The van der Waals surface area contributed by atoms with Crippen molar-refractivity contribution in [3.05, 3.63) is 60.2 Å². The highest BCUT2D eigenvalue weighted by molar-refractivity contribution is 7.90. The molecule has 0 atom stereocenters. The third-order valence-corrected chi connectivity index (χ3v) is 7.42. The molecule has 1 fully saturated rings. The highest BCUT2D eigenvalue weighted by Gasteiger charge is 2.27. The number of nitrogens with two attached hydrogens (primary N) is 1. The van der Waals surface area contributed by atoms with E-state index < -0.39 is 15.9 Å². The summed E-state index contributed by atoms with van der Waals surface area (Å²) in [6, 6.07) is 15.2. The minimum absolute atomic E-state index is 0.0464. The molecule has 3 aromatic rings. The number of sulfonamides is 1. The van der Waals surface area contributed by atoms with Gasteiger partial charge in [-0.05, 0) is 73.2 Å². The quantitative estimate of drug-likeness (QED) is 0.451. The van der Waals surface area contributed by atoms with Gasteiger partial charge in [0.2, 0.25) is 0 Å². The lowest BCUT2D eigenvalue weighted by Gasteiger charge is -2.32. The summed E-state index contributed by atoms with van der Waals surface area (Å²) < 4.78 is 33.5. The minimum atomic E-state index is -4.22. The van der Waals surface area contributed by atoms with Gasteiger partial charge in [0.05, 0.1) is 17.9 Å². The van der Waals surface area contributed by atoms with Gasteiger partial charge in [0, 0.05) is 18.7 Å². The maximum absolute atomic E-state index is 13.2. The number of anilines is 2. The number of nitrogens with zero attached hydrogens (tertiary/aromatic N) is 3. The lowest BCUT2D eigenvalue weighted by Crippen LogP contribution is -2.37. The van der Waals surface area contributed by atoms with Crippen LogP contribution in [0.3, 0.4) is 0 Å². The number of hydrogen-bond acceptors (Lipinski definition) is 8. The first-order chi connectivity index (χ1) is 17.6.